The Morgan fingerprint density at radius 3 is 2.09 bits per heavy atom. The number of anilines is 4. The smallest absolute Gasteiger partial charge is 0.255 e. The van der Waals surface area contributed by atoms with Crippen LogP contribution in [0.15, 0.2) is 65.6 Å². The number of aryl methyl sites for hydroxylation is 2. The molecule has 43 heavy (non-hydrogen) atoms. The molecule has 3 aromatic carbocycles. The van der Waals surface area contributed by atoms with E-state index in [2.05, 4.69) is 20.6 Å². The molecular weight excluding hydrogens is 588 g/mol. The van der Waals surface area contributed by atoms with Gasteiger partial charge in [0.05, 0.1) is 0 Å². The molecule has 0 radical (unpaired) electrons. The van der Waals surface area contributed by atoms with Gasteiger partial charge >= 0.3 is 0 Å². The number of hydrogen-bond acceptors (Lipinski definition) is 7. The van der Waals surface area contributed by atoms with E-state index < -0.39 is 49.8 Å². The predicted molar refractivity (Wildman–Crippen MR) is 153 cm³/mol. The van der Waals surface area contributed by atoms with Crippen LogP contribution in [0.3, 0.4) is 0 Å². The molecule has 1 saturated heterocycles. The number of halogens is 4. The molecule has 1 aromatic heterocycles. The van der Waals surface area contributed by atoms with E-state index in [9.17, 15) is 30.8 Å². The van der Waals surface area contributed by atoms with Crippen LogP contribution in [0.2, 0.25) is 0 Å². The Morgan fingerprint density at radius 2 is 1.44 bits per heavy atom. The molecule has 1 amide bonds. The number of carbonyl (C=O) groups is 1. The van der Waals surface area contributed by atoms with Crippen molar-refractivity contribution in [2.45, 2.75) is 18.7 Å². The highest BCUT2D eigenvalue weighted by Crippen LogP contribution is 2.25. The van der Waals surface area contributed by atoms with Gasteiger partial charge in [-0.15, -0.1) is 0 Å². The first-order chi connectivity index (χ1) is 20.4. The van der Waals surface area contributed by atoms with Crippen LogP contribution in [0.1, 0.15) is 21.6 Å². The van der Waals surface area contributed by atoms with Crippen molar-refractivity contribution in [3.63, 3.8) is 0 Å². The minimum absolute atomic E-state index is 0.00957. The molecule has 0 bridgehead atoms. The summed E-state index contributed by atoms with van der Waals surface area (Å²) in [5.41, 5.74) is 1.98. The highest BCUT2D eigenvalue weighted by molar-refractivity contribution is 7.89. The van der Waals surface area contributed by atoms with Crippen molar-refractivity contribution < 1.29 is 30.8 Å². The number of amides is 1. The normalized spacial score (nSPS) is 14.0. The third-order valence-corrected chi connectivity index (χ3v) is 8.65. The van der Waals surface area contributed by atoms with Crippen molar-refractivity contribution >= 4 is 39.1 Å². The van der Waals surface area contributed by atoms with Gasteiger partial charge in [0.1, 0.15) is 16.5 Å². The lowest BCUT2D eigenvalue weighted by Gasteiger charge is -2.34. The molecule has 2 heterocycles. The average molecular weight is 615 g/mol. The Kier molecular flexibility index (Phi) is 8.33. The summed E-state index contributed by atoms with van der Waals surface area (Å²) in [5, 5.41) is 5.39. The zero-order valence-electron chi connectivity index (χ0n) is 23.0. The molecule has 0 spiro atoms. The van der Waals surface area contributed by atoms with Crippen LogP contribution in [0.25, 0.3) is 0 Å². The van der Waals surface area contributed by atoms with Crippen molar-refractivity contribution in [2.24, 2.45) is 0 Å². The van der Waals surface area contributed by atoms with Crippen LogP contribution in [-0.4, -0.2) is 54.8 Å². The molecular formula is C29H26F4N6O3S. The Labute approximate surface area is 245 Å². The molecule has 1 fully saturated rings. The van der Waals surface area contributed by atoms with Crippen molar-refractivity contribution in [1.29, 1.82) is 0 Å². The summed E-state index contributed by atoms with van der Waals surface area (Å²) < 4.78 is 83.0. The maximum absolute atomic E-state index is 14.8. The number of carbonyl (C=O) groups excluding carboxylic acids is 1. The first-order valence-corrected chi connectivity index (χ1v) is 14.5. The second-order valence-electron chi connectivity index (χ2n) is 9.93. The number of sulfonamides is 1. The zero-order valence-corrected chi connectivity index (χ0v) is 23.9. The van der Waals surface area contributed by atoms with E-state index in [1.165, 1.54) is 0 Å². The zero-order chi connectivity index (χ0) is 30.9. The van der Waals surface area contributed by atoms with Crippen molar-refractivity contribution in [2.75, 3.05) is 41.7 Å². The summed E-state index contributed by atoms with van der Waals surface area (Å²) in [6, 6.07) is 13.4. The molecule has 4 aromatic rings. The summed E-state index contributed by atoms with van der Waals surface area (Å²) in [6.45, 7) is 4.23. The van der Waals surface area contributed by atoms with E-state index >= 15 is 0 Å². The van der Waals surface area contributed by atoms with E-state index in [0.29, 0.717) is 29.6 Å². The third kappa shape index (κ3) is 6.60. The standard InChI is InChI=1S/C29H26F4N6O3S/c1-17-3-6-20(7-4-17)35-26-13-18(2)34-29(37-26)38-9-11-39(12-10-38)43(41,42)25-14-19(5-8-22(25)30)28(40)36-21-15-23(31)27(33)24(32)16-21/h3-8,13-16H,9-12H2,1-2H3,(H,36,40)(H,34,35,37). The van der Waals surface area contributed by atoms with E-state index in [1.54, 1.807) is 6.07 Å². The number of nitrogens with zero attached hydrogens (tertiary/aromatic N) is 4. The van der Waals surface area contributed by atoms with Gasteiger partial charge in [0.15, 0.2) is 17.5 Å². The van der Waals surface area contributed by atoms with Crippen molar-refractivity contribution in [3.05, 3.63) is 101 Å². The molecule has 0 atom stereocenters. The third-order valence-electron chi connectivity index (χ3n) is 6.74. The van der Waals surface area contributed by atoms with E-state index in [1.807, 2.05) is 43.0 Å². The molecule has 14 heteroatoms. The van der Waals surface area contributed by atoms with Crippen LogP contribution in [0, 0.1) is 37.1 Å². The lowest BCUT2D eigenvalue weighted by molar-refractivity contribution is 0.102. The van der Waals surface area contributed by atoms with Crippen LogP contribution >= 0.6 is 0 Å². The van der Waals surface area contributed by atoms with Crippen LogP contribution in [0.5, 0.6) is 0 Å². The van der Waals surface area contributed by atoms with Gasteiger partial charge in [0.25, 0.3) is 5.91 Å². The topological polar surface area (TPSA) is 108 Å². The van der Waals surface area contributed by atoms with Crippen molar-refractivity contribution in [3.8, 4) is 0 Å². The number of rotatable bonds is 7. The van der Waals surface area contributed by atoms with Gasteiger partial charge in [0.2, 0.25) is 16.0 Å². The summed E-state index contributed by atoms with van der Waals surface area (Å²) in [4.78, 5) is 22.8. The Hall–Kier alpha value is -4.56. The molecule has 5 rings (SSSR count). The van der Waals surface area contributed by atoms with E-state index in [-0.39, 0.29) is 31.7 Å². The van der Waals surface area contributed by atoms with Gasteiger partial charge in [-0.2, -0.15) is 9.29 Å². The van der Waals surface area contributed by atoms with Gasteiger partial charge in [-0.25, -0.2) is 31.0 Å². The lowest BCUT2D eigenvalue weighted by Crippen LogP contribution is -2.49. The fourth-order valence-corrected chi connectivity index (χ4v) is 6.00. The highest BCUT2D eigenvalue weighted by Gasteiger charge is 2.32. The number of nitrogens with one attached hydrogen (secondary N) is 2. The molecule has 0 saturated carbocycles. The molecule has 1 aliphatic rings. The van der Waals surface area contributed by atoms with Crippen LogP contribution in [0.4, 0.5) is 40.7 Å². The van der Waals surface area contributed by atoms with Gasteiger partial charge in [-0.05, 0) is 44.2 Å². The number of benzene rings is 3. The molecule has 1 aliphatic heterocycles. The van der Waals surface area contributed by atoms with Crippen LogP contribution in [-0.2, 0) is 10.0 Å². The predicted octanol–water partition coefficient (Wildman–Crippen LogP) is 5.16. The SMILES string of the molecule is Cc1ccc(Nc2cc(C)nc(N3CCN(S(=O)(=O)c4cc(C(=O)Nc5cc(F)c(F)c(F)c5)ccc4F)CC3)n2)cc1. The summed E-state index contributed by atoms with van der Waals surface area (Å²) in [5.74, 6) is -5.82. The fourth-order valence-electron chi connectivity index (χ4n) is 4.48. The molecule has 224 valence electrons. The second-order valence-corrected chi connectivity index (χ2v) is 11.8. The van der Waals surface area contributed by atoms with Gasteiger partial charge in [0, 0.05) is 67.0 Å². The fraction of sp³-hybridized carbons (Fsp3) is 0.207. The maximum Gasteiger partial charge on any atom is 0.255 e. The minimum atomic E-state index is -4.38. The number of piperazine rings is 1. The monoisotopic (exact) mass is 614 g/mol. The quantitative estimate of drug-likeness (QED) is 0.219. The van der Waals surface area contributed by atoms with E-state index in [0.717, 1.165) is 33.8 Å². The highest BCUT2D eigenvalue weighted by atomic mass is 32.2. The van der Waals surface area contributed by atoms with Gasteiger partial charge in [-0.3, -0.25) is 4.79 Å². The van der Waals surface area contributed by atoms with Crippen molar-refractivity contribution in [1.82, 2.24) is 14.3 Å². The first kappa shape index (κ1) is 29.9. The van der Waals surface area contributed by atoms with E-state index in [4.69, 9.17) is 0 Å². The van der Waals surface area contributed by atoms with Gasteiger partial charge < -0.3 is 15.5 Å². The molecule has 9 nitrogen and oxygen atoms in total. The summed E-state index contributed by atoms with van der Waals surface area (Å²) in [7, 11) is -4.38. The first-order valence-electron chi connectivity index (χ1n) is 13.1. The average Bonchev–Trinajstić information content (AvgIpc) is 2.97. The summed E-state index contributed by atoms with van der Waals surface area (Å²) >= 11 is 0. The number of hydrogen-bond donors (Lipinski definition) is 2. The lowest BCUT2D eigenvalue weighted by atomic mass is 10.2. The number of aromatic nitrogens is 2. The molecule has 0 unspecified atom stereocenters. The van der Waals surface area contributed by atoms with Crippen LogP contribution < -0.4 is 15.5 Å². The Morgan fingerprint density at radius 1 is 0.791 bits per heavy atom. The minimum Gasteiger partial charge on any atom is -0.340 e. The molecule has 0 aliphatic carbocycles. The second kappa shape index (κ2) is 12.0. The molecule has 2 N–H and O–H groups in total. The summed E-state index contributed by atoms with van der Waals surface area (Å²) in [6.07, 6.45) is 0. The Bertz CT molecular complexity index is 1770. The van der Waals surface area contributed by atoms with Gasteiger partial charge in [-0.1, -0.05) is 17.7 Å². The Balaban J connectivity index is 1.29. The largest absolute Gasteiger partial charge is 0.340 e. The maximum atomic E-state index is 14.8.